The molecule has 0 radical (unpaired) electrons. The molecule has 1 aliphatic rings. The Hall–Kier alpha value is -1.03. The van der Waals surface area contributed by atoms with Gasteiger partial charge in [0.25, 0.3) is 0 Å². The lowest BCUT2D eigenvalue weighted by Crippen LogP contribution is -2.56. The van der Waals surface area contributed by atoms with Crippen molar-refractivity contribution < 1.29 is 0 Å². The van der Waals surface area contributed by atoms with Crippen molar-refractivity contribution in [2.24, 2.45) is 12.5 Å². The summed E-state index contributed by atoms with van der Waals surface area (Å²) in [4.78, 5) is 2.37. The maximum Gasteiger partial charge on any atom is 0.150 e. The van der Waals surface area contributed by atoms with Gasteiger partial charge in [-0.05, 0) is 5.41 Å². The van der Waals surface area contributed by atoms with Gasteiger partial charge in [-0.25, -0.2) is 0 Å². The van der Waals surface area contributed by atoms with Crippen LogP contribution in [0, 0.1) is 5.41 Å². The zero-order valence-electron chi connectivity index (χ0n) is 10.7. The van der Waals surface area contributed by atoms with Crippen molar-refractivity contribution in [2.45, 2.75) is 26.8 Å². The van der Waals surface area contributed by atoms with E-state index in [1.54, 1.807) is 0 Å². The molecule has 2 heterocycles. The number of aryl methyl sites for hydroxylation is 1. The van der Waals surface area contributed by atoms with Gasteiger partial charge < -0.3 is 10.2 Å². The molecular formula is C12H22N4. The van der Waals surface area contributed by atoms with Gasteiger partial charge in [0.15, 0.2) is 5.82 Å². The molecule has 0 bridgehead atoms. The molecule has 0 amide bonds. The van der Waals surface area contributed by atoms with E-state index in [1.807, 2.05) is 17.9 Å². The standard InChI is InChI=1S/C12H22N4/c1-12(2,3)10-9-16(8-6-13-10)11-5-7-15(4)14-11/h5,7,10,13H,6,8-9H2,1-4H3. The molecule has 1 saturated heterocycles. The Kier molecular flexibility index (Phi) is 2.93. The fourth-order valence-corrected chi connectivity index (χ4v) is 2.11. The predicted octanol–water partition coefficient (Wildman–Crippen LogP) is 1.24. The zero-order valence-corrected chi connectivity index (χ0v) is 10.7. The number of rotatable bonds is 1. The van der Waals surface area contributed by atoms with E-state index >= 15 is 0 Å². The summed E-state index contributed by atoms with van der Waals surface area (Å²) in [6.07, 6.45) is 2.00. The number of piperazine rings is 1. The van der Waals surface area contributed by atoms with Gasteiger partial charge in [-0.1, -0.05) is 20.8 Å². The number of anilines is 1. The van der Waals surface area contributed by atoms with E-state index in [9.17, 15) is 0 Å². The fourth-order valence-electron chi connectivity index (χ4n) is 2.11. The normalized spacial score (nSPS) is 22.5. The highest BCUT2D eigenvalue weighted by molar-refractivity contribution is 5.38. The summed E-state index contributed by atoms with van der Waals surface area (Å²) >= 11 is 0. The van der Waals surface area contributed by atoms with Crippen LogP contribution in [0.25, 0.3) is 0 Å². The van der Waals surface area contributed by atoms with Gasteiger partial charge in [0, 0.05) is 45.0 Å². The van der Waals surface area contributed by atoms with E-state index in [0.717, 1.165) is 25.5 Å². The van der Waals surface area contributed by atoms with Gasteiger partial charge in [0.1, 0.15) is 0 Å². The summed E-state index contributed by atoms with van der Waals surface area (Å²) in [6, 6.07) is 2.62. The third-order valence-electron chi connectivity index (χ3n) is 3.24. The van der Waals surface area contributed by atoms with Crippen molar-refractivity contribution >= 4 is 5.82 Å². The van der Waals surface area contributed by atoms with E-state index < -0.39 is 0 Å². The summed E-state index contributed by atoms with van der Waals surface area (Å²) in [5, 5.41) is 8.06. The second kappa shape index (κ2) is 4.09. The highest BCUT2D eigenvalue weighted by atomic mass is 15.3. The van der Waals surface area contributed by atoms with Crippen LogP contribution in [0.5, 0.6) is 0 Å². The smallest absolute Gasteiger partial charge is 0.150 e. The van der Waals surface area contributed by atoms with Crippen LogP contribution >= 0.6 is 0 Å². The van der Waals surface area contributed by atoms with Crippen molar-refractivity contribution in [3.63, 3.8) is 0 Å². The third kappa shape index (κ3) is 2.38. The molecule has 1 N–H and O–H groups in total. The lowest BCUT2D eigenvalue weighted by atomic mass is 9.85. The topological polar surface area (TPSA) is 33.1 Å². The Morgan fingerprint density at radius 1 is 1.44 bits per heavy atom. The number of nitrogens with one attached hydrogen (secondary N) is 1. The Balaban J connectivity index is 2.07. The lowest BCUT2D eigenvalue weighted by molar-refractivity contribution is 0.253. The fraction of sp³-hybridized carbons (Fsp3) is 0.750. The van der Waals surface area contributed by atoms with Crippen LogP contribution in [-0.2, 0) is 7.05 Å². The first-order valence-corrected chi connectivity index (χ1v) is 5.95. The molecule has 0 aromatic carbocycles. The lowest BCUT2D eigenvalue weighted by Gasteiger charge is -2.40. The molecule has 0 spiro atoms. The predicted molar refractivity (Wildman–Crippen MR) is 66.7 cm³/mol. The molecule has 4 nitrogen and oxygen atoms in total. The van der Waals surface area contributed by atoms with Crippen molar-refractivity contribution in [3.05, 3.63) is 12.3 Å². The van der Waals surface area contributed by atoms with Crippen LogP contribution in [0.1, 0.15) is 20.8 Å². The highest BCUT2D eigenvalue weighted by Crippen LogP contribution is 2.23. The second-order valence-corrected chi connectivity index (χ2v) is 5.67. The van der Waals surface area contributed by atoms with Gasteiger partial charge in [-0.2, -0.15) is 5.10 Å². The molecule has 0 aliphatic carbocycles. The molecule has 1 aromatic heterocycles. The molecule has 4 heteroatoms. The first-order chi connectivity index (χ1) is 7.47. The summed E-state index contributed by atoms with van der Waals surface area (Å²) in [5.41, 5.74) is 0.299. The van der Waals surface area contributed by atoms with Crippen LogP contribution in [0.15, 0.2) is 12.3 Å². The van der Waals surface area contributed by atoms with Crippen molar-refractivity contribution in [1.29, 1.82) is 0 Å². The summed E-state index contributed by atoms with van der Waals surface area (Å²) in [5.74, 6) is 1.10. The molecule has 1 aliphatic heterocycles. The molecule has 16 heavy (non-hydrogen) atoms. The van der Waals surface area contributed by atoms with Crippen LogP contribution < -0.4 is 10.2 Å². The Morgan fingerprint density at radius 3 is 2.75 bits per heavy atom. The SMILES string of the molecule is Cn1ccc(N2CCNC(C(C)(C)C)C2)n1. The monoisotopic (exact) mass is 222 g/mol. The minimum Gasteiger partial charge on any atom is -0.352 e. The maximum atomic E-state index is 4.47. The van der Waals surface area contributed by atoms with Gasteiger partial charge in [0.2, 0.25) is 0 Å². The minimum atomic E-state index is 0.299. The molecule has 1 unspecified atom stereocenters. The van der Waals surface area contributed by atoms with Crippen molar-refractivity contribution in [1.82, 2.24) is 15.1 Å². The van der Waals surface area contributed by atoms with Gasteiger partial charge in [-0.15, -0.1) is 0 Å². The minimum absolute atomic E-state index is 0.299. The Labute approximate surface area is 97.6 Å². The number of aromatic nitrogens is 2. The number of hydrogen-bond donors (Lipinski definition) is 1. The van der Waals surface area contributed by atoms with Gasteiger partial charge in [-0.3, -0.25) is 4.68 Å². The molecule has 1 aromatic rings. The zero-order chi connectivity index (χ0) is 11.8. The molecule has 1 atom stereocenters. The quantitative estimate of drug-likeness (QED) is 0.776. The highest BCUT2D eigenvalue weighted by Gasteiger charge is 2.29. The van der Waals surface area contributed by atoms with Gasteiger partial charge in [0.05, 0.1) is 0 Å². The molecule has 90 valence electrons. The van der Waals surface area contributed by atoms with Crippen LogP contribution in [-0.4, -0.2) is 35.5 Å². The van der Waals surface area contributed by atoms with Crippen LogP contribution in [0.4, 0.5) is 5.82 Å². The van der Waals surface area contributed by atoms with E-state index in [1.165, 1.54) is 0 Å². The summed E-state index contributed by atoms with van der Waals surface area (Å²) in [6.45, 7) is 9.98. The third-order valence-corrected chi connectivity index (χ3v) is 3.24. The average molecular weight is 222 g/mol. The molecular weight excluding hydrogens is 200 g/mol. The maximum absolute atomic E-state index is 4.47. The first-order valence-electron chi connectivity index (χ1n) is 5.95. The molecule has 1 fully saturated rings. The first kappa shape index (κ1) is 11.5. The van der Waals surface area contributed by atoms with E-state index in [-0.39, 0.29) is 0 Å². The average Bonchev–Trinajstić information content (AvgIpc) is 2.64. The molecule has 2 rings (SSSR count). The number of hydrogen-bond acceptors (Lipinski definition) is 3. The number of nitrogens with zero attached hydrogens (tertiary/aromatic N) is 3. The van der Waals surface area contributed by atoms with Crippen LogP contribution in [0.3, 0.4) is 0 Å². The van der Waals surface area contributed by atoms with Gasteiger partial charge >= 0.3 is 0 Å². The summed E-state index contributed by atoms with van der Waals surface area (Å²) in [7, 11) is 1.97. The van der Waals surface area contributed by atoms with E-state index in [2.05, 4.69) is 42.2 Å². The largest absolute Gasteiger partial charge is 0.352 e. The van der Waals surface area contributed by atoms with E-state index in [0.29, 0.717) is 11.5 Å². The second-order valence-electron chi connectivity index (χ2n) is 5.67. The molecule has 0 saturated carbocycles. The summed E-state index contributed by atoms with van der Waals surface area (Å²) < 4.78 is 1.86. The van der Waals surface area contributed by atoms with E-state index in [4.69, 9.17) is 0 Å². The Morgan fingerprint density at radius 2 is 2.19 bits per heavy atom. The van der Waals surface area contributed by atoms with Crippen molar-refractivity contribution in [2.75, 3.05) is 24.5 Å². The van der Waals surface area contributed by atoms with Crippen molar-refractivity contribution in [3.8, 4) is 0 Å². The van der Waals surface area contributed by atoms with Crippen LogP contribution in [0.2, 0.25) is 0 Å². The Bertz CT molecular complexity index is 350.